The van der Waals surface area contributed by atoms with Crippen LogP contribution in [0.5, 0.6) is 17.4 Å². The number of hydrogen-bond acceptors (Lipinski definition) is 8. The first-order valence-electron chi connectivity index (χ1n) is 15.2. The molecule has 234 valence electrons. The minimum absolute atomic E-state index is 0.0599. The highest BCUT2D eigenvalue weighted by Gasteiger charge is 2.29. The maximum Gasteiger partial charge on any atom is 0.251 e. The molecule has 2 amide bonds. The van der Waals surface area contributed by atoms with E-state index in [4.69, 9.17) is 14.2 Å². The van der Waals surface area contributed by atoms with E-state index in [0.29, 0.717) is 37.6 Å². The number of nitrogens with one attached hydrogen (secondary N) is 1. The van der Waals surface area contributed by atoms with Gasteiger partial charge in [-0.05, 0) is 36.1 Å². The Morgan fingerprint density at radius 1 is 1.05 bits per heavy atom. The zero-order valence-corrected chi connectivity index (χ0v) is 25.7. The van der Waals surface area contributed by atoms with Gasteiger partial charge in [-0.15, -0.1) is 0 Å². The van der Waals surface area contributed by atoms with Gasteiger partial charge in [0.05, 0.1) is 20.3 Å². The number of aliphatic hydroxyl groups is 1. The molecule has 1 aromatic heterocycles. The molecule has 2 heterocycles. The second-order valence-electron chi connectivity index (χ2n) is 11.5. The molecule has 1 fully saturated rings. The number of aromatic nitrogens is 1. The van der Waals surface area contributed by atoms with Gasteiger partial charge in [0, 0.05) is 88.0 Å². The topological polar surface area (TPSA) is 113 Å². The fourth-order valence-electron chi connectivity index (χ4n) is 6.06. The van der Waals surface area contributed by atoms with Crippen molar-refractivity contribution in [2.75, 3.05) is 40.4 Å². The molecule has 5 rings (SSSR count). The van der Waals surface area contributed by atoms with Crippen molar-refractivity contribution < 1.29 is 28.9 Å². The summed E-state index contributed by atoms with van der Waals surface area (Å²) in [5.74, 6) is 1.59. The third-order valence-electron chi connectivity index (χ3n) is 8.53. The number of pyridine rings is 1. The molecule has 1 aliphatic carbocycles. The largest absolute Gasteiger partial charge is 0.497 e. The highest BCUT2D eigenvalue weighted by atomic mass is 16.5. The van der Waals surface area contributed by atoms with E-state index in [-0.39, 0.29) is 30.5 Å². The highest BCUT2D eigenvalue weighted by molar-refractivity contribution is 5.94. The number of ether oxygens (including phenoxy) is 3. The lowest BCUT2D eigenvalue weighted by Gasteiger charge is -2.31. The standard InChI is InChI=1S/C34H42N4O6/c1-23(39)37-14-11-30(12-15-37)44-33-18-26(10-13-35-33)34(41)36-20-29(40)22-38(28-16-24-6-4-5-7-25(24)17-28)21-27-8-9-31(42-2)19-32(27)43-3/h4-10,13,18-19,28-30,40H,11-12,14-17,20-22H2,1-3H3,(H,36,41). The molecule has 10 heteroatoms. The number of rotatable bonds is 12. The van der Waals surface area contributed by atoms with E-state index in [2.05, 4.69) is 39.5 Å². The second-order valence-corrected chi connectivity index (χ2v) is 11.5. The van der Waals surface area contributed by atoms with Crippen LogP contribution >= 0.6 is 0 Å². The first kappa shape index (κ1) is 31.3. The molecule has 0 bridgehead atoms. The van der Waals surface area contributed by atoms with Gasteiger partial charge in [0.2, 0.25) is 11.8 Å². The molecule has 1 atom stereocenters. The van der Waals surface area contributed by atoms with Crippen LogP contribution in [0, 0.1) is 0 Å². The Labute approximate surface area is 258 Å². The van der Waals surface area contributed by atoms with Crippen LogP contribution < -0.4 is 19.5 Å². The summed E-state index contributed by atoms with van der Waals surface area (Å²) in [5.41, 5.74) is 4.06. The summed E-state index contributed by atoms with van der Waals surface area (Å²) < 4.78 is 17.1. The minimum Gasteiger partial charge on any atom is -0.497 e. The average molecular weight is 603 g/mol. The van der Waals surface area contributed by atoms with Gasteiger partial charge in [-0.1, -0.05) is 30.3 Å². The lowest BCUT2D eigenvalue weighted by molar-refractivity contribution is -0.130. The highest BCUT2D eigenvalue weighted by Crippen LogP contribution is 2.30. The second kappa shape index (κ2) is 14.5. The van der Waals surface area contributed by atoms with E-state index in [1.54, 1.807) is 39.5 Å². The van der Waals surface area contributed by atoms with Crippen molar-refractivity contribution in [3.05, 3.63) is 83.0 Å². The van der Waals surface area contributed by atoms with Gasteiger partial charge in [0.1, 0.15) is 17.6 Å². The molecule has 0 spiro atoms. The Morgan fingerprint density at radius 2 is 1.77 bits per heavy atom. The van der Waals surface area contributed by atoms with E-state index < -0.39 is 6.10 Å². The van der Waals surface area contributed by atoms with Crippen LogP contribution in [0.25, 0.3) is 0 Å². The van der Waals surface area contributed by atoms with Crippen molar-refractivity contribution in [3.63, 3.8) is 0 Å². The van der Waals surface area contributed by atoms with E-state index in [1.807, 2.05) is 23.1 Å². The zero-order chi connectivity index (χ0) is 31.1. The quantitative estimate of drug-likeness (QED) is 0.325. The molecule has 3 aromatic rings. The molecular weight excluding hydrogens is 560 g/mol. The number of benzene rings is 2. The SMILES string of the molecule is COc1ccc(CN(CC(O)CNC(=O)c2ccnc(OC3CCN(C(C)=O)CC3)c2)C2Cc3ccccc3C2)c(OC)c1. The molecular formula is C34H42N4O6. The predicted molar refractivity (Wildman–Crippen MR) is 166 cm³/mol. The molecule has 2 N–H and O–H groups in total. The number of hydrogen-bond donors (Lipinski definition) is 2. The number of carbonyl (C=O) groups is 2. The van der Waals surface area contributed by atoms with Gasteiger partial charge in [-0.3, -0.25) is 14.5 Å². The Balaban J connectivity index is 1.20. The molecule has 44 heavy (non-hydrogen) atoms. The Hall–Kier alpha value is -4.15. The molecule has 1 saturated heterocycles. The number of carbonyl (C=O) groups excluding carboxylic acids is 2. The summed E-state index contributed by atoms with van der Waals surface area (Å²) in [6, 6.07) is 17.7. The van der Waals surface area contributed by atoms with Crippen molar-refractivity contribution >= 4 is 11.8 Å². The molecule has 10 nitrogen and oxygen atoms in total. The summed E-state index contributed by atoms with van der Waals surface area (Å²) in [6.45, 7) is 3.91. The van der Waals surface area contributed by atoms with Crippen molar-refractivity contribution in [1.29, 1.82) is 0 Å². The third-order valence-corrected chi connectivity index (χ3v) is 8.53. The molecule has 2 aliphatic rings. The molecule has 1 unspecified atom stereocenters. The molecule has 1 aliphatic heterocycles. The van der Waals surface area contributed by atoms with Crippen LogP contribution in [0.4, 0.5) is 0 Å². The monoisotopic (exact) mass is 602 g/mol. The van der Waals surface area contributed by atoms with Crippen LogP contribution in [-0.4, -0.2) is 90.4 Å². The van der Waals surface area contributed by atoms with Gasteiger partial charge in [0.15, 0.2) is 0 Å². The van der Waals surface area contributed by atoms with E-state index in [9.17, 15) is 14.7 Å². The van der Waals surface area contributed by atoms with Gasteiger partial charge in [-0.2, -0.15) is 0 Å². The van der Waals surface area contributed by atoms with Crippen LogP contribution in [0.3, 0.4) is 0 Å². The first-order chi connectivity index (χ1) is 21.3. The number of fused-ring (bicyclic) bond motifs is 1. The van der Waals surface area contributed by atoms with E-state index in [0.717, 1.165) is 42.7 Å². The summed E-state index contributed by atoms with van der Waals surface area (Å²) in [5, 5.41) is 14.0. The van der Waals surface area contributed by atoms with Crippen molar-refractivity contribution in [1.82, 2.24) is 20.1 Å². The maximum atomic E-state index is 13.0. The first-order valence-corrected chi connectivity index (χ1v) is 15.2. The number of likely N-dealkylation sites (tertiary alicyclic amines) is 1. The van der Waals surface area contributed by atoms with Crippen LogP contribution in [0.1, 0.15) is 46.8 Å². The summed E-state index contributed by atoms with van der Waals surface area (Å²) in [4.78, 5) is 33.0. The fraction of sp³-hybridized carbons (Fsp3) is 0.441. The van der Waals surface area contributed by atoms with Gasteiger partial charge in [0.25, 0.3) is 5.91 Å². The van der Waals surface area contributed by atoms with Gasteiger partial charge in [-0.25, -0.2) is 4.98 Å². The third kappa shape index (κ3) is 7.86. The fourth-order valence-corrected chi connectivity index (χ4v) is 6.06. The lowest BCUT2D eigenvalue weighted by Crippen LogP contribution is -2.44. The van der Waals surface area contributed by atoms with Crippen LogP contribution in [-0.2, 0) is 24.2 Å². The number of aliphatic hydroxyl groups excluding tert-OH is 1. The van der Waals surface area contributed by atoms with E-state index >= 15 is 0 Å². The Morgan fingerprint density at radius 3 is 2.43 bits per heavy atom. The minimum atomic E-state index is -0.795. The number of piperidine rings is 1. The maximum absolute atomic E-state index is 13.0. The Kier molecular flexibility index (Phi) is 10.3. The van der Waals surface area contributed by atoms with Crippen LogP contribution in [0.2, 0.25) is 0 Å². The van der Waals surface area contributed by atoms with Gasteiger partial charge < -0.3 is 29.5 Å². The van der Waals surface area contributed by atoms with Crippen LogP contribution in [0.15, 0.2) is 60.8 Å². The number of methoxy groups -OCH3 is 2. The van der Waals surface area contributed by atoms with E-state index in [1.165, 1.54) is 11.1 Å². The van der Waals surface area contributed by atoms with Crippen molar-refractivity contribution in [2.45, 2.75) is 57.4 Å². The van der Waals surface area contributed by atoms with Crippen molar-refractivity contribution in [3.8, 4) is 17.4 Å². The molecule has 0 radical (unpaired) electrons. The molecule has 2 aromatic carbocycles. The smallest absolute Gasteiger partial charge is 0.251 e. The average Bonchev–Trinajstić information content (AvgIpc) is 3.48. The molecule has 0 saturated carbocycles. The zero-order valence-electron chi connectivity index (χ0n) is 25.7. The summed E-state index contributed by atoms with van der Waals surface area (Å²) in [6.07, 6.45) is 3.91. The number of nitrogens with zero attached hydrogens (tertiary/aromatic N) is 3. The van der Waals surface area contributed by atoms with Crippen molar-refractivity contribution in [2.24, 2.45) is 0 Å². The summed E-state index contributed by atoms with van der Waals surface area (Å²) in [7, 11) is 3.27. The Bertz CT molecular complexity index is 1420. The van der Waals surface area contributed by atoms with Gasteiger partial charge >= 0.3 is 0 Å². The number of amides is 2. The normalized spacial score (nSPS) is 16.0. The predicted octanol–water partition coefficient (Wildman–Crippen LogP) is 3.25. The lowest BCUT2D eigenvalue weighted by atomic mass is 10.1. The summed E-state index contributed by atoms with van der Waals surface area (Å²) >= 11 is 0.